The van der Waals surface area contributed by atoms with Crippen LogP contribution in [0.15, 0.2) is 48.5 Å². The zero-order chi connectivity index (χ0) is 19.8. The number of fused-ring (bicyclic) bond motifs is 1. The van der Waals surface area contributed by atoms with Gasteiger partial charge in [0.1, 0.15) is 0 Å². The summed E-state index contributed by atoms with van der Waals surface area (Å²) < 4.78 is 5.04. The lowest BCUT2D eigenvalue weighted by atomic mass is 9.98. The van der Waals surface area contributed by atoms with Crippen LogP contribution in [0.4, 0.5) is 5.69 Å². The second kappa shape index (κ2) is 6.96. The van der Waals surface area contributed by atoms with E-state index in [1.807, 2.05) is 38.1 Å². The maximum atomic E-state index is 13.1. The van der Waals surface area contributed by atoms with Crippen LogP contribution in [0.25, 0.3) is 0 Å². The summed E-state index contributed by atoms with van der Waals surface area (Å²) in [4.78, 5) is 26.8. The Labute approximate surface area is 163 Å². The molecule has 4 rings (SSSR count). The molecule has 1 aromatic heterocycles. The van der Waals surface area contributed by atoms with Crippen LogP contribution < -0.4 is 4.90 Å². The summed E-state index contributed by atoms with van der Waals surface area (Å²) in [6.07, 6.45) is 0. The van der Waals surface area contributed by atoms with Crippen molar-refractivity contribution in [1.29, 1.82) is 0 Å². The number of amides is 1. The Hall–Kier alpha value is -3.41. The molecular formula is C22H21N3O3. The third-order valence-corrected chi connectivity index (χ3v) is 5.00. The number of anilines is 1. The molecule has 6 nitrogen and oxygen atoms in total. The Morgan fingerprint density at radius 3 is 2.43 bits per heavy atom. The zero-order valence-electron chi connectivity index (χ0n) is 16.0. The van der Waals surface area contributed by atoms with E-state index >= 15 is 0 Å². The highest BCUT2D eigenvalue weighted by Crippen LogP contribution is 2.42. The van der Waals surface area contributed by atoms with Gasteiger partial charge in [-0.05, 0) is 50.6 Å². The van der Waals surface area contributed by atoms with Crippen LogP contribution in [0, 0.1) is 13.8 Å². The predicted octanol–water partition coefficient (Wildman–Crippen LogP) is 3.95. The van der Waals surface area contributed by atoms with Gasteiger partial charge < -0.3 is 4.74 Å². The van der Waals surface area contributed by atoms with Crippen molar-refractivity contribution >= 4 is 17.6 Å². The molecule has 0 radical (unpaired) electrons. The van der Waals surface area contributed by atoms with E-state index in [2.05, 4.69) is 10.2 Å². The highest BCUT2D eigenvalue weighted by Gasteiger charge is 2.42. The van der Waals surface area contributed by atoms with Crippen LogP contribution in [0.5, 0.6) is 0 Å². The molecule has 1 unspecified atom stereocenters. The average molecular weight is 375 g/mol. The Balaban J connectivity index is 1.77. The van der Waals surface area contributed by atoms with E-state index in [4.69, 9.17) is 4.74 Å². The number of hydrogen-bond acceptors (Lipinski definition) is 4. The third-order valence-electron chi connectivity index (χ3n) is 5.00. The zero-order valence-corrected chi connectivity index (χ0v) is 16.0. The second-order valence-corrected chi connectivity index (χ2v) is 6.87. The van der Waals surface area contributed by atoms with Crippen molar-refractivity contribution in [3.05, 3.63) is 82.2 Å². The largest absolute Gasteiger partial charge is 0.462 e. The summed E-state index contributed by atoms with van der Waals surface area (Å²) in [5, 5.41) is 7.16. The van der Waals surface area contributed by atoms with Crippen molar-refractivity contribution in [2.75, 3.05) is 11.5 Å². The number of nitrogens with zero attached hydrogens (tertiary/aromatic N) is 2. The maximum absolute atomic E-state index is 13.1. The molecule has 1 amide bonds. The van der Waals surface area contributed by atoms with Gasteiger partial charge in [-0.1, -0.05) is 29.8 Å². The minimum Gasteiger partial charge on any atom is -0.462 e. The van der Waals surface area contributed by atoms with E-state index in [1.54, 1.807) is 36.1 Å². The first kappa shape index (κ1) is 18.0. The molecule has 142 valence electrons. The highest BCUT2D eigenvalue weighted by molar-refractivity contribution is 6.10. The number of hydrogen-bond donors (Lipinski definition) is 1. The van der Waals surface area contributed by atoms with Crippen LogP contribution in [0.2, 0.25) is 0 Å². The number of H-pyrrole nitrogens is 1. The number of carbonyl (C=O) groups is 2. The van der Waals surface area contributed by atoms with Crippen molar-refractivity contribution in [3.8, 4) is 0 Å². The van der Waals surface area contributed by atoms with E-state index in [1.165, 1.54) is 0 Å². The van der Waals surface area contributed by atoms with Crippen LogP contribution >= 0.6 is 0 Å². The number of aryl methyl sites for hydroxylation is 2. The van der Waals surface area contributed by atoms with Crippen molar-refractivity contribution in [1.82, 2.24) is 10.2 Å². The molecule has 0 fully saturated rings. The van der Waals surface area contributed by atoms with Gasteiger partial charge in [-0.25, -0.2) is 4.79 Å². The van der Waals surface area contributed by atoms with Gasteiger partial charge >= 0.3 is 5.97 Å². The monoisotopic (exact) mass is 375 g/mol. The van der Waals surface area contributed by atoms with E-state index in [0.717, 1.165) is 22.4 Å². The number of rotatable bonds is 4. The lowest BCUT2D eigenvalue weighted by Crippen LogP contribution is -2.29. The van der Waals surface area contributed by atoms with Gasteiger partial charge in [-0.3, -0.25) is 14.8 Å². The predicted molar refractivity (Wildman–Crippen MR) is 106 cm³/mol. The summed E-state index contributed by atoms with van der Waals surface area (Å²) in [6.45, 7) is 6.05. The van der Waals surface area contributed by atoms with Gasteiger partial charge in [0.25, 0.3) is 5.91 Å². The Kier molecular flexibility index (Phi) is 4.47. The van der Waals surface area contributed by atoms with Crippen molar-refractivity contribution in [2.24, 2.45) is 0 Å². The van der Waals surface area contributed by atoms with Gasteiger partial charge in [0, 0.05) is 16.9 Å². The number of esters is 1. The third kappa shape index (κ3) is 2.87. The minimum atomic E-state index is -0.374. The van der Waals surface area contributed by atoms with Gasteiger partial charge in [-0.15, -0.1) is 0 Å². The highest BCUT2D eigenvalue weighted by atomic mass is 16.5. The molecule has 0 aliphatic carbocycles. The molecule has 28 heavy (non-hydrogen) atoms. The molecule has 2 aromatic carbocycles. The Morgan fingerprint density at radius 2 is 1.79 bits per heavy atom. The standard InChI is InChI=1S/C22H21N3O3/c1-4-28-22(27)16-9-11-17(12-10-16)25-20(15-7-5-13(2)6-8-15)18-14(3)23-24-19(18)21(25)26/h5-12,20H,4H2,1-3H3,(H,23,24). The van der Waals surface area contributed by atoms with Gasteiger partial charge in [0.15, 0.2) is 5.69 Å². The van der Waals surface area contributed by atoms with E-state index in [-0.39, 0.29) is 17.9 Å². The van der Waals surface area contributed by atoms with Crippen molar-refractivity contribution in [3.63, 3.8) is 0 Å². The molecule has 2 heterocycles. The molecule has 0 spiro atoms. The SMILES string of the molecule is CCOC(=O)c1ccc(N2C(=O)c3n[nH]c(C)c3C2c2ccc(C)cc2)cc1. The van der Waals surface area contributed by atoms with E-state index in [9.17, 15) is 9.59 Å². The number of benzene rings is 2. The molecular weight excluding hydrogens is 354 g/mol. The molecule has 6 heteroatoms. The topological polar surface area (TPSA) is 75.3 Å². The summed E-state index contributed by atoms with van der Waals surface area (Å²) in [7, 11) is 0. The molecule has 0 saturated carbocycles. The summed E-state index contributed by atoms with van der Waals surface area (Å²) in [5.41, 5.74) is 5.54. The average Bonchev–Trinajstić information content (AvgIpc) is 3.21. The number of nitrogens with one attached hydrogen (secondary N) is 1. The summed E-state index contributed by atoms with van der Waals surface area (Å²) >= 11 is 0. The van der Waals surface area contributed by atoms with Crippen molar-refractivity contribution in [2.45, 2.75) is 26.8 Å². The second-order valence-electron chi connectivity index (χ2n) is 6.87. The first-order valence-corrected chi connectivity index (χ1v) is 9.23. The summed E-state index contributed by atoms with van der Waals surface area (Å²) in [5.74, 6) is -0.533. The van der Waals surface area contributed by atoms with Crippen LogP contribution in [0.1, 0.15) is 56.2 Å². The molecule has 1 aliphatic rings. The number of carbonyl (C=O) groups excluding carboxylic acids is 2. The van der Waals surface area contributed by atoms with Gasteiger partial charge in [-0.2, -0.15) is 5.10 Å². The number of aromatic nitrogens is 2. The molecule has 0 bridgehead atoms. The van der Waals surface area contributed by atoms with Gasteiger partial charge in [0.05, 0.1) is 18.2 Å². The smallest absolute Gasteiger partial charge is 0.338 e. The molecule has 1 aliphatic heterocycles. The molecule has 1 atom stereocenters. The van der Waals surface area contributed by atoms with Gasteiger partial charge in [0.2, 0.25) is 0 Å². The van der Waals surface area contributed by atoms with E-state index in [0.29, 0.717) is 23.6 Å². The molecule has 1 N–H and O–H groups in total. The van der Waals surface area contributed by atoms with Crippen LogP contribution in [-0.4, -0.2) is 28.7 Å². The van der Waals surface area contributed by atoms with Crippen LogP contribution in [0.3, 0.4) is 0 Å². The molecule has 3 aromatic rings. The quantitative estimate of drug-likeness (QED) is 0.701. The normalized spacial score (nSPS) is 15.6. The fraction of sp³-hybridized carbons (Fsp3) is 0.227. The fourth-order valence-corrected chi connectivity index (χ4v) is 3.60. The summed E-state index contributed by atoms with van der Waals surface area (Å²) in [6, 6.07) is 14.8. The first-order valence-electron chi connectivity index (χ1n) is 9.23. The lowest BCUT2D eigenvalue weighted by molar-refractivity contribution is 0.0526. The minimum absolute atomic E-state index is 0.159. The number of aromatic amines is 1. The Bertz CT molecular complexity index is 1040. The fourth-order valence-electron chi connectivity index (χ4n) is 3.60. The lowest BCUT2D eigenvalue weighted by Gasteiger charge is -2.26. The first-order chi connectivity index (χ1) is 13.5. The van der Waals surface area contributed by atoms with Crippen molar-refractivity contribution < 1.29 is 14.3 Å². The maximum Gasteiger partial charge on any atom is 0.338 e. The Morgan fingerprint density at radius 1 is 1.11 bits per heavy atom. The van der Waals surface area contributed by atoms with Crippen LogP contribution in [-0.2, 0) is 4.74 Å². The van der Waals surface area contributed by atoms with E-state index < -0.39 is 0 Å². The molecule has 0 saturated heterocycles. The number of ether oxygens (including phenoxy) is 1.